The molecule has 24 heavy (non-hydrogen) atoms. The van der Waals surface area contributed by atoms with Gasteiger partial charge in [0, 0.05) is 12.6 Å². The van der Waals surface area contributed by atoms with Gasteiger partial charge in [-0.25, -0.2) is 0 Å². The standard InChI is InChI=1S/C20H32N2O2/c1-3-8-18(17-9-6-5-7-10-17)15-21-13-11-19(12-14-21)22(4-2)16-20(23)24/h5-7,9-10,18-19H,3-4,8,11-16H2,1-2H3,(H,23,24). The molecular weight excluding hydrogens is 300 g/mol. The Hall–Kier alpha value is -1.39. The third-order valence-electron chi connectivity index (χ3n) is 5.20. The van der Waals surface area contributed by atoms with Crippen LogP contribution in [-0.4, -0.2) is 59.6 Å². The molecule has 1 heterocycles. The fourth-order valence-corrected chi connectivity index (χ4v) is 3.89. The number of carbonyl (C=O) groups is 1. The largest absolute Gasteiger partial charge is 0.480 e. The van der Waals surface area contributed by atoms with E-state index in [1.165, 1.54) is 18.4 Å². The summed E-state index contributed by atoms with van der Waals surface area (Å²) in [6, 6.07) is 11.3. The molecule has 4 nitrogen and oxygen atoms in total. The molecule has 1 atom stereocenters. The number of likely N-dealkylation sites (tertiary alicyclic amines) is 1. The summed E-state index contributed by atoms with van der Waals surface area (Å²) in [4.78, 5) is 15.7. The van der Waals surface area contributed by atoms with E-state index >= 15 is 0 Å². The molecule has 1 saturated heterocycles. The van der Waals surface area contributed by atoms with Gasteiger partial charge in [-0.2, -0.15) is 0 Å². The van der Waals surface area contributed by atoms with Crippen LogP contribution in [0, 0.1) is 0 Å². The molecule has 0 bridgehead atoms. The molecule has 4 heteroatoms. The summed E-state index contributed by atoms with van der Waals surface area (Å²) in [5.74, 6) is -0.111. The summed E-state index contributed by atoms with van der Waals surface area (Å²) >= 11 is 0. The van der Waals surface area contributed by atoms with Crippen LogP contribution in [-0.2, 0) is 4.79 Å². The van der Waals surface area contributed by atoms with Crippen molar-refractivity contribution in [3.05, 3.63) is 35.9 Å². The zero-order chi connectivity index (χ0) is 17.4. The van der Waals surface area contributed by atoms with Crippen LogP contribution < -0.4 is 0 Å². The summed E-state index contributed by atoms with van der Waals surface area (Å²) < 4.78 is 0. The van der Waals surface area contributed by atoms with Crippen LogP contribution in [0.3, 0.4) is 0 Å². The number of carboxylic acids is 1. The normalized spacial score (nSPS) is 18.0. The Morgan fingerprint density at radius 2 is 1.92 bits per heavy atom. The minimum Gasteiger partial charge on any atom is -0.480 e. The number of carboxylic acid groups (broad SMARTS) is 1. The van der Waals surface area contributed by atoms with Crippen LogP contribution in [0.2, 0.25) is 0 Å². The first-order valence-electron chi connectivity index (χ1n) is 9.37. The molecule has 134 valence electrons. The van der Waals surface area contributed by atoms with E-state index in [4.69, 9.17) is 5.11 Å². The Morgan fingerprint density at radius 3 is 2.46 bits per heavy atom. The summed E-state index contributed by atoms with van der Waals surface area (Å²) in [5, 5.41) is 9.05. The maximum Gasteiger partial charge on any atom is 0.317 e. The van der Waals surface area contributed by atoms with E-state index in [9.17, 15) is 4.79 Å². The zero-order valence-corrected chi connectivity index (χ0v) is 15.2. The maximum atomic E-state index is 11.0. The molecule has 0 saturated carbocycles. The third kappa shape index (κ3) is 5.60. The first-order valence-corrected chi connectivity index (χ1v) is 9.37. The highest BCUT2D eigenvalue weighted by Gasteiger charge is 2.26. The van der Waals surface area contributed by atoms with Gasteiger partial charge in [0.25, 0.3) is 0 Å². The third-order valence-corrected chi connectivity index (χ3v) is 5.20. The van der Waals surface area contributed by atoms with Crippen LogP contribution in [0.15, 0.2) is 30.3 Å². The summed E-state index contributed by atoms with van der Waals surface area (Å²) in [6.45, 7) is 8.58. The first kappa shape index (κ1) is 18.9. The quantitative estimate of drug-likeness (QED) is 0.752. The van der Waals surface area contributed by atoms with Crippen LogP contribution >= 0.6 is 0 Å². The lowest BCUT2D eigenvalue weighted by Gasteiger charge is -2.38. The smallest absolute Gasteiger partial charge is 0.317 e. The molecule has 1 unspecified atom stereocenters. The number of benzene rings is 1. The lowest BCUT2D eigenvalue weighted by atomic mass is 9.92. The van der Waals surface area contributed by atoms with Gasteiger partial charge in [0.1, 0.15) is 0 Å². The Morgan fingerprint density at radius 1 is 1.25 bits per heavy atom. The van der Waals surface area contributed by atoms with Crippen LogP contribution in [0.1, 0.15) is 51.0 Å². The second kappa shape index (κ2) is 9.80. The molecule has 1 aromatic rings. The minimum atomic E-state index is -0.716. The maximum absolute atomic E-state index is 11.0. The van der Waals surface area contributed by atoms with E-state index in [-0.39, 0.29) is 6.54 Å². The number of piperidine rings is 1. The topological polar surface area (TPSA) is 43.8 Å². The lowest BCUT2D eigenvalue weighted by Crippen LogP contribution is -2.47. The highest BCUT2D eigenvalue weighted by atomic mass is 16.4. The average molecular weight is 332 g/mol. The molecule has 0 radical (unpaired) electrons. The van der Waals surface area contributed by atoms with Crippen molar-refractivity contribution in [2.24, 2.45) is 0 Å². The molecule has 2 rings (SSSR count). The number of hydrogen-bond donors (Lipinski definition) is 1. The Bertz CT molecular complexity index is 484. The molecule has 0 aliphatic carbocycles. The molecule has 1 aliphatic heterocycles. The van der Waals surface area contributed by atoms with Gasteiger partial charge in [-0.3, -0.25) is 9.69 Å². The minimum absolute atomic E-state index is 0.170. The predicted molar refractivity (Wildman–Crippen MR) is 98.4 cm³/mol. The van der Waals surface area contributed by atoms with Crippen LogP contribution in [0.25, 0.3) is 0 Å². The summed E-state index contributed by atoms with van der Waals surface area (Å²) in [7, 11) is 0. The van der Waals surface area contributed by atoms with Crippen molar-refractivity contribution in [2.75, 3.05) is 32.7 Å². The van der Waals surface area contributed by atoms with Crippen molar-refractivity contribution in [1.82, 2.24) is 9.80 Å². The van der Waals surface area contributed by atoms with Crippen molar-refractivity contribution < 1.29 is 9.90 Å². The van der Waals surface area contributed by atoms with E-state index in [0.29, 0.717) is 12.0 Å². The SMILES string of the molecule is CCCC(CN1CCC(N(CC)CC(=O)O)CC1)c1ccccc1. The Balaban J connectivity index is 1.87. The second-order valence-corrected chi connectivity index (χ2v) is 6.88. The van der Waals surface area contributed by atoms with E-state index in [0.717, 1.165) is 39.0 Å². The molecule has 0 amide bonds. The zero-order valence-electron chi connectivity index (χ0n) is 15.2. The highest BCUT2D eigenvalue weighted by Crippen LogP contribution is 2.25. The van der Waals surface area contributed by atoms with Gasteiger partial charge in [-0.1, -0.05) is 50.6 Å². The molecule has 0 aromatic heterocycles. The number of nitrogens with zero attached hydrogens (tertiary/aromatic N) is 2. The van der Waals surface area contributed by atoms with Gasteiger partial charge in [-0.15, -0.1) is 0 Å². The van der Waals surface area contributed by atoms with Gasteiger partial charge < -0.3 is 10.0 Å². The molecule has 1 aliphatic rings. The summed E-state index contributed by atoms with van der Waals surface area (Å²) in [5.41, 5.74) is 1.45. The Labute approximate surface area is 146 Å². The van der Waals surface area contributed by atoms with E-state index in [2.05, 4.69) is 54.0 Å². The number of likely N-dealkylation sites (N-methyl/N-ethyl adjacent to an activating group) is 1. The Kier molecular flexibility index (Phi) is 7.73. The van der Waals surface area contributed by atoms with Crippen molar-refractivity contribution in [3.63, 3.8) is 0 Å². The van der Waals surface area contributed by atoms with Gasteiger partial charge in [0.15, 0.2) is 0 Å². The highest BCUT2D eigenvalue weighted by molar-refractivity contribution is 5.69. The molecule has 1 aromatic carbocycles. The average Bonchev–Trinajstić information content (AvgIpc) is 2.60. The molecule has 1 fully saturated rings. The van der Waals surface area contributed by atoms with E-state index < -0.39 is 5.97 Å². The van der Waals surface area contributed by atoms with Crippen LogP contribution in [0.4, 0.5) is 0 Å². The fourth-order valence-electron chi connectivity index (χ4n) is 3.89. The lowest BCUT2D eigenvalue weighted by molar-refractivity contribution is -0.139. The van der Waals surface area contributed by atoms with Crippen molar-refractivity contribution in [1.29, 1.82) is 0 Å². The van der Waals surface area contributed by atoms with Crippen molar-refractivity contribution in [2.45, 2.75) is 51.5 Å². The number of aliphatic carboxylic acids is 1. The second-order valence-electron chi connectivity index (χ2n) is 6.88. The number of hydrogen-bond acceptors (Lipinski definition) is 3. The van der Waals surface area contributed by atoms with Gasteiger partial charge in [-0.05, 0) is 50.4 Å². The fraction of sp³-hybridized carbons (Fsp3) is 0.650. The monoisotopic (exact) mass is 332 g/mol. The predicted octanol–water partition coefficient (Wildman–Crippen LogP) is 3.44. The van der Waals surface area contributed by atoms with Gasteiger partial charge >= 0.3 is 5.97 Å². The molecule has 0 spiro atoms. The first-order chi connectivity index (χ1) is 11.6. The molecule has 1 N–H and O–H groups in total. The van der Waals surface area contributed by atoms with Crippen molar-refractivity contribution >= 4 is 5.97 Å². The van der Waals surface area contributed by atoms with E-state index in [1.54, 1.807) is 0 Å². The summed E-state index contributed by atoms with van der Waals surface area (Å²) in [6.07, 6.45) is 4.59. The number of rotatable bonds is 9. The van der Waals surface area contributed by atoms with Gasteiger partial charge in [0.05, 0.1) is 6.54 Å². The van der Waals surface area contributed by atoms with E-state index in [1.807, 2.05) is 0 Å². The van der Waals surface area contributed by atoms with Gasteiger partial charge in [0.2, 0.25) is 0 Å². The molecular formula is C20H32N2O2. The van der Waals surface area contributed by atoms with Crippen molar-refractivity contribution in [3.8, 4) is 0 Å². The van der Waals surface area contributed by atoms with Crippen LogP contribution in [0.5, 0.6) is 0 Å².